The molecule has 1 unspecified atom stereocenters. The van der Waals surface area contributed by atoms with Crippen LogP contribution < -0.4 is 10.4 Å². The largest absolute Gasteiger partial charge is 0.366 e. The molecule has 8 heteroatoms. The van der Waals surface area contributed by atoms with Gasteiger partial charge in [0.2, 0.25) is 11.8 Å². The van der Waals surface area contributed by atoms with Crippen LogP contribution in [-0.2, 0) is 16.0 Å². The third kappa shape index (κ3) is 6.24. The quantitative estimate of drug-likeness (QED) is 0.498. The lowest BCUT2D eigenvalue weighted by atomic mass is 9.94. The van der Waals surface area contributed by atoms with E-state index in [0.717, 1.165) is 5.56 Å². The molecule has 6 nitrogen and oxygen atoms in total. The summed E-state index contributed by atoms with van der Waals surface area (Å²) in [5.74, 6) is -1.90. The number of nitrogens with zero attached hydrogens (tertiary/aromatic N) is 2. The highest BCUT2D eigenvalue weighted by Gasteiger charge is 2.29. The van der Waals surface area contributed by atoms with E-state index in [1.54, 1.807) is 40.7 Å². The Balaban J connectivity index is 1.57. The molecule has 0 saturated carbocycles. The third-order valence-corrected chi connectivity index (χ3v) is 5.62. The summed E-state index contributed by atoms with van der Waals surface area (Å²) in [5, 5.41) is 8.89. The first-order valence-corrected chi connectivity index (χ1v) is 10.4. The number of anilines is 1. The van der Waals surface area contributed by atoms with E-state index in [-0.39, 0.29) is 24.0 Å². The molecule has 1 aliphatic heterocycles. The van der Waals surface area contributed by atoms with E-state index in [1.807, 2.05) is 4.90 Å². The van der Waals surface area contributed by atoms with Gasteiger partial charge in [0, 0.05) is 38.5 Å². The number of piperazine rings is 1. The maximum Gasteiger partial charge on any atom is 0.244 e. The van der Waals surface area contributed by atoms with Crippen LogP contribution in [0.15, 0.2) is 48.5 Å². The molecule has 2 aromatic rings. The van der Waals surface area contributed by atoms with Crippen LogP contribution in [0.1, 0.15) is 24.8 Å². The molecular weight excluding hydrogens is 404 g/mol. The summed E-state index contributed by atoms with van der Waals surface area (Å²) in [7, 11) is 0. The van der Waals surface area contributed by atoms with E-state index < -0.39 is 11.8 Å². The maximum atomic E-state index is 14.0. The van der Waals surface area contributed by atoms with E-state index >= 15 is 0 Å². The van der Waals surface area contributed by atoms with Crippen molar-refractivity contribution in [2.75, 3.05) is 31.1 Å². The number of aryl methyl sites for hydroxylation is 1. The summed E-state index contributed by atoms with van der Waals surface area (Å²) in [6.07, 6.45) is 1.67. The summed E-state index contributed by atoms with van der Waals surface area (Å²) >= 11 is 0. The van der Waals surface area contributed by atoms with Crippen LogP contribution in [0, 0.1) is 17.6 Å². The number of hydroxylamine groups is 1. The lowest BCUT2D eigenvalue weighted by Gasteiger charge is -2.37. The number of carbonyl (C=O) groups is 2. The summed E-state index contributed by atoms with van der Waals surface area (Å²) in [6, 6.07) is 12.7. The molecule has 2 aromatic carbocycles. The minimum atomic E-state index is -0.606. The molecule has 166 valence electrons. The SMILES string of the molecule is O=C(CC(CCCc1ccc(F)cc1)C(=O)N1CCN(c2ccccc2F)CC1)NO. The van der Waals surface area contributed by atoms with Crippen molar-refractivity contribution in [1.82, 2.24) is 10.4 Å². The number of carbonyl (C=O) groups excluding carboxylic acids is 2. The van der Waals surface area contributed by atoms with Crippen LogP contribution in [0.4, 0.5) is 14.5 Å². The van der Waals surface area contributed by atoms with Crippen molar-refractivity contribution < 1.29 is 23.6 Å². The number of benzene rings is 2. The van der Waals surface area contributed by atoms with Gasteiger partial charge in [-0.25, -0.2) is 14.3 Å². The van der Waals surface area contributed by atoms with Crippen molar-refractivity contribution in [3.05, 3.63) is 65.7 Å². The first kappa shape index (κ1) is 22.7. The molecule has 0 bridgehead atoms. The molecule has 3 rings (SSSR count). The topological polar surface area (TPSA) is 72.9 Å². The van der Waals surface area contributed by atoms with E-state index in [4.69, 9.17) is 5.21 Å². The average Bonchev–Trinajstić information content (AvgIpc) is 2.79. The number of hydrogen-bond donors (Lipinski definition) is 2. The lowest BCUT2D eigenvalue weighted by molar-refractivity contribution is -0.141. The number of amides is 2. The fourth-order valence-corrected chi connectivity index (χ4v) is 3.92. The van der Waals surface area contributed by atoms with Gasteiger partial charge in [-0.3, -0.25) is 14.8 Å². The Labute approximate surface area is 180 Å². The Morgan fingerprint density at radius 2 is 1.68 bits per heavy atom. The molecule has 0 radical (unpaired) electrons. The third-order valence-electron chi connectivity index (χ3n) is 5.62. The zero-order chi connectivity index (χ0) is 22.2. The van der Waals surface area contributed by atoms with Gasteiger partial charge >= 0.3 is 0 Å². The van der Waals surface area contributed by atoms with E-state index in [2.05, 4.69) is 0 Å². The Kier molecular flexibility index (Phi) is 7.94. The van der Waals surface area contributed by atoms with Crippen LogP contribution in [0.25, 0.3) is 0 Å². The number of nitrogens with one attached hydrogen (secondary N) is 1. The van der Waals surface area contributed by atoms with Gasteiger partial charge in [-0.2, -0.15) is 0 Å². The Bertz CT molecular complexity index is 884. The smallest absolute Gasteiger partial charge is 0.244 e. The van der Waals surface area contributed by atoms with Gasteiger partial charge in [0.05, 0.1) is 5.69 Å². The minimum Gasteiger partial charge on any atom is -0.366 e. The van der Waals surface area contributed by atoms with Crippen LogP contribution in [-0.4, -0.2) is 48.1 Å². The zero-order valence-electron chi connectivity index (χ0n) is 17.3. The number of rotatable bonds is 8. The molecule has 2 amide bonds. The van der Waals surface area contributed by atoms with Gasteiger partial charge in [-0.15, -0.1) is 0 Å². The average molecular weight is 431 g/mol. The van der Waals surface area contributed by atoms with Crippen molar-refractivity contribution in [1.29, 1.82) is 0 Å². The highest BCUT2D eigenvalue weighted by atomic mass is 19.1. The standard InChI is InChI=1S/C23H27F2N3O3/c24-19-10-8-17(9-11-19)4-3-5-18(16-22(29)26-31)23(30)28-14-12-27(13-15-28)21-7-2-1-6-20(21)25/h1-2,6-11,18,31H,3-5,12-16H2,(H,26,29). The molecule has 0 aromatic heterocycles. The summed E-state index contributed by atoms with van der Waals surface area (Å²) in [6.45, 7) is 1.87. The Hall–Kier alpha value is -3.00. The van der Waals surface area contributed by atoms with E-state index in [9.17, 15) is 18.4 Å². The predicted octanol–water partition coefficient (Wildman–Crippen LogP) is 3.15. The zero-order valence-corrected chi connectivity index (χ0v) is 17.3. The summed E-state index contributed by atoms with van der Waals surface area (Å²) < 4.78 is 27.1. The molecule has 1 fully saturated rings. The molecule has 0 spiro atoms. The molecule has 0 aliphatic carbocycles. The number of para-hydroxylation sites is 1. The van der Waals surface area contributed by atoms with Gasteiger partial charge in [0.25, 0.3) is 0 Å². The highest BCUT2D eigenvalue weighted by Crippen LogP contribution is 2.23. The monoisotopic (exact) mass is 431 g/mol. The fraction of sp³-hybridized carbons (Fsp3) is 0.391. The van der Waals surface area contributed by atoms with Gasteiger partial charge in [-0.05, 0) is 49.1 Å². The molecule has 31 heavy (non-hydrogen) atoms. The van der Waals surface area contributed by atoms with Gasteiger partial charge < -0.3 is 9.80 Å². The van der Waals surface area contributed by atoms with Crippen LogP contribution in [0.5, 0.6) is 0 Å². The van der Waals surface area contributed by atoms with E-state index in [1.165, 1.54) is 18.2 Å². The lowest BCUT2D eigenvalue weighted by Crippen LogP contribution is -2.51. The van der Waals surface area contributed by atoms with Gasteiger partial charge in [0.1, 0.15) is 11.6 Å². The normalized spacial score (nSPS) is 14.9. The molecule has 1 atom stereocenters. The van der Waals surface area contributed by atoms with E-state index in [0.29, 0.717) is 51.1 Å². The second-order valence-electron chi connectivity index (χ2n) is 7.72. The highest BCUT2D eigenvalue weighted by molar-refractivity contribution is 5.85. The molecule has 1 saturated heterocycles. The van der Waals surface area contributed by atoms with Gasteiger partial charge in [-0.1, -0.05) is 24.3 Å². The van der Waals surface area contributed by atoms with Crippen LogP contribution in [0.2, 0.25) is 0 Å². The van der Waals surface area contributed by atoms with Crippen molar-refractivity contribution in [2.24, 2.45) is 5.92 Å². The van der Waals surface area contributed by atoms with Crippen molar-refractivity contribution in [3.63, 3.8) is 0 Å². The van der Waals surface area contributed by atoms with Crippen molar-refractivity contribution in [2.45, 2.75) is 25.7 Å². The Morgan fingerprint density at radius 3 is 2.32 bits per heavy atom. The molecule has 1 heterocycles. The minimum absolute atomic E-state index is 0.105. The first-order valence-electron chi connectivity index (χ1n) is 10.4. The Morgan fingerprint density at radius 1 is 1.00 bits per heavy atom. The van der Waals surface area contributed by atoms with Crippen molar-refractivity contribution in [3.8, 4) is 0 Å². The number of hydrogen-bond acceptors (Lipinski definition) is 4. The predicted molar refractivity (Wildman–Crippen MR) is 113 cm³/mol. The maximum absolute atomic E-state index is 14.0. The molecule has 2 N–H and O–H groups in total. The number of halogens is 2. The molecule has 1 aliphatic rings. The second-order valence-corrected chi connectivity index (χ2v) is 7.72. The fourth-order valence-electron chi connectivity index (χ4n) is 3.92. The first-order chi connectivity index (χ1) is 15.0. The summed E-state index contributed by atoms with van der Waals surface area (Å²) in [5.41, 5.74) is 3.08. The summed E-state index contributed by atoms with van der Waals surface area (Å²) in [4.78, 5) is 28.4. The van der Waals surface area contributed by atoms with Crippen LogP contribution in [0.3, 0.4) is 0 Å². The van der Waals surface area contributed by atoms with Crippen molar-refractivity contribution >= 4 is 17.5 Å². The second kappa shape index (κ2) is 10.9. The van der Waals surface area contributed by atoms with Crippen LogP contribution >= 0.6 is 0 Å². The molecular formula is C23H27F2N3O3. The van der Waals surface area contributed by atoms with Gasteiger partial charge in [0.15, 0.2) is 0 Å².